The summed E-state index contributed by atoms with van der Waals surface area (Å²) in [7, 11) is 1.64. The second kappa shape index (κ2) is 4.99. The Balaban J connectivity index is 1.91. The summed E-state index contributed by atoms with van der Waals surface area (Å²) in [5, 5.41) is 9.03. The van der Waals surface area contributed by atoms with Crippen LogP contribution in [0.2, 0.25) is 0 Å². The molecule has 0 atom stereocenters. The van der Waals surface area contributed by atoms with E-state index in [-0.39, 0.29) is 17.7 Å². The van der Waals surface area contributed by atoms with Gasteiger partial charge >= 0.3 is 0 Å². The lowest BCUT2D eigenvalue weighted by atomic mass is 9.95. The molecule has 6 heteroatoms. The maximum atomic E-state index is 12.0. The van der Waals surface area contributed by atoms with Crippen LogP contribution in [0.15, 0.2) is 12.4 Å². The molecule has 0 unspecified atom stereocenters. The first-order valence-corrected chi connectivity index (χ1v) is 5.72. The van der Waals surface area contributed by atoms with Gasteiger partial charge in [-0.3, -0.25) is 14.7 Å². The van der Waals surface area contributed by atoms with Crippen molar-refractivity contribution in [2.24, 2.45) is 5.92 Å². The molecule has 17 heavy (non-hydrogen) atoms. The van der Waals surface area contributed by atoms with Gasteiger partial charge in [-0.05, 0) is 12.8 Å². The fraction of sp³-hybridized carbons (Fsp3) is 0.545. The number of likely N-dealkylation sites (tertiary alicyclic amines) is 1. The van der Waals surface area contributed by atoms with Crippen molar-refractivity contribution in [1.82, 2.24) is 20.4 Å². The molecular weight excluding hydrogens is 220 g/mol. The van der Waals surface area contributed by atoms with E-state index >= 15 is 0 Å². The Kier molecular flexibility index (Phi) is 3.41. The topological polar surface area (TPSA) is 78.1 Å². The van der Waals surface area contributed by atoms with Gasteiger partial charge in [0.05, 0.1) is 11.8 Å². The molecule has 0 saturated carbocycles. The van der Waals surface area contributed by atoms with Crippen molar-refractivity contribution in [3.8, 4) is 0 Å². The summed E-state index contributed by atoms with van der Waals surface area (Å²) in [5.41, 5.74) is 0.573. The van der Waals surface area contributed by atoms with E-state index in [1.54, 1.807) is 18.1 Å². The average molecular weight is 236 g/mol. The van der Waals surface area contributed by atoms with E-state index in [1.807, 2.05) is 0 Å². The summed E-state index contributed by atoms with van der Waals surface area (Å²) in [4.78, 5) is 25.2. The predicted octanol–water partition coefficient (Wildman–Crippen LogP) is 0.00790. The Bertz CT molecular complexity index is 394. The van der Waals surface area contributed by atoms with Gasteiger partial charge in [0.15, 0.2) is 0 Å². The zero-order chi connectivity index (χ0) is 12.3. The molecule has 1 aliphatic heterocycles. The lowest BCUT2D eigenvalue weighted by Gasteiger charge is -2.30. The standard InChI is InChI=1S/C11H16N4O2/c1-12-10(16)8-2-4-15(5-3-8)11(17)9-6-13-14-7-9/h6-8H,2-5H2,1H3,(H,12,16)(H,13,14). The summed E-state index contributed by atoms with van der Waals surface area (Å²) in [6.45, 7) is 1.25. The van der Waals surface area contributed by atoms with Crippen molar-refractivity contribution < 1.29 is 9.59 Å². The second-order valence-electron chi connectivity index (χ2n) is 4.17. The zero-order valence-electron chi connectivity index (χ0n) is 9.77. The number of nitrogens with one attached hydrogen (secondary N) is 2. The van der Waals surface area contributed by atoms with Gasteiger partial charge in [0.2, 0.25) is 5.91 Å². The highest BCUT2D eigenvalue weighted by Gasteiger charge is 2.27. The Morgan fingerprint density at radius 1 is 1.47 bits per heavy atom. The summed E-state index contributed by atoms with van der Waals surface area (Å²) in [5.74, 6) is 0.0860. The first-order valence-electron chi connectivity index (χ1n) is 5.72. The van der Waals surface area contributed by atoms with Gasteiger partial charge in [0.1, 0.15) is 0 Å². The molecule has 1 fully saturated rings. The molecule has 1 aliphatic rings. The van der Waals surface area contributed by atoms with Crippen LogP contribution in [0.3, 0.4) is 0 Å². The molecule has 2 heterocycles. The summed E-state index contributed by atoms with van der Waals surface area (Å²) < 4.78 is 0. The Hall–Kier alpha value is -1.85. The largest absolute Gasteiger partial charge is 0.359 e. The van der Waals surface area contributed by atoms with Crippen LogP contribution in [0.5, 0.6) is 0 Å². The number of carbonyl (C=O) groups is 2. The van der Waals surface area contributed by atoms with Gasteiger partial charge in [0.25, 0.3) is 5.91 Å². The molecular formula is C11H16N4O2. The molecule has 0 bridgehead atoms. The van der Waals surface area contributed by atoms with Crippen LogP contribution in [0.4, 0.5) is 0 Å². The number of piperidine rings is 1. The van der Waals surface area contributed by atoms with E-state index in [9.17, 15) is 9.59 Å². The molecule has 0 aromatic carbocycles. The van der Waals surface area contributed by atoms with Gasteiger partial charge in [0, 0.05) is 32.3 Å². The molecule has 0 radical (unpaired) electrons. The van der Waals surface area contributed by atoms with Gasteiger partial charge < -0.3 is 10.2 Å². The molecule has 1 saturated heterocycles. The number of carbonyl (C=O) groups excluding carboxylic acids is 2. The van der Waals surface area contributed by atoms with Crippen molar-refractivity contribution in [1.29, 1.82) is 0 Å². The van der Waals surface area contributed by atoms with Gasteiger partial charge in [-0.2, -0.15) is 5.10 Å². The van der Waals surface area contributed by atoms with Gasteiger partial charge in [-0.15, -0.1) is 0 Å². The molecule has 2 amide bonds. The minimum absolute atomic E-state index is 0.0193. The predicted molar refractivity (Wildman–Crippen MR) is 61.3 cm³/mol. The van der Waals surface area contributed by atoms with Crippen LogP contribution in [0.1, 0.15) is 23.2 Å². The molecule has 92 valence electrons. The van der Waals surface area contributed by atoms with Crippen LogP contribution in [-0.2, 0) is 4.79 Å². The minimum atomic E-state index is -0.0193. The number of amides is 2. The van der Waals surface area contributed by atoms with Crippen LogP contribution in [-0.4, -0.2) is 47.0 Å². The van der Waals surface area contributed by atoms with Crippen LogP contribution >= 0.6 is 0 Å². The molecule has 0 aliphatic carbocycles. The van der Waals surface area contributed by atoms with E-state index < -0.39 is 0 Å². The first kappa shape index (κ1) is 11.6. The molecule has 2 rings (SSSR count). The molecule has 2 N–H and O–H groups in total. The number of H-pyrrole nitrogens is 1. The minimum Gasteiger partial charge on any atom is -0.359 e. The van der Waals surface area contributed by atoms with Gasteiger partial charge in [-0.25, -0.2) is 0 Å². The van der Waals surface area contributed by atoms with Crippen LogP contribution in [0, 0.1) is 5.92 Å². The average Bonchev–Trinajstić information content (AvgIpc) is 2.91. The van der Waals surface area contributed by atoms with E-state index in [0.717, 1.165) is 12.8 Å². The lowest BCUT2D eigenvalue weighted by Crippen LogP contribution is -2.42. The third-order valence-electron chi connectivity index (χ3n) is 3.14. The zero-order valence-corrected chi connectivity index (χ0v) is 9.77. The highest BCUT2D eigenvalue weighted by Crippen LogP contribution is 2.18. The normalized spacial score (nSPS) is 16.9. The van der Waals surface area contributed by atoms with Crippen molar-refractivity contribution >= 4 is 11.8 Å². The quantitative estimate of drug-likeness (QED) is 0.759. The molecule has 1 aromatic heterocycles. The van der Waals surface area contributed by atoms with Crippen molar-refractivity contribution in [2.75, 3.05) is 20.1 Å². The monoisotopic (exact) mass is 236 g/mol. The van der Waals surface area contributed by atoms with E-state index in [4.69, 9.17) is 0 Å². The number of aromatic amines is 1. The lowest BCUT2D eigenvalue weighted by molar-refractivity contribution is -0.125. The number of rotatable bonds is 2. The summed E-state index contributed by atoms with van der Waals surface area (Å²) >= 11 is 0. The smallest absolute Gasteiger partial charge is 0.257 e. The van der Waals surface area contributed by atoms with E-state index in [0.29, 0.717) is 18.7 Å². The number of nitrogens with zero attached hydrogens (tertiary/aromatic N) is 2. The van der Waals surface area contributed by atoms with Gasteiger partial charge in [-0.1, -0.05) is 0 Å². The third kappa shape index (κ3) is 2.46. The Labute approximate surface area is 99.4 Å². The number of hydrogen-bond donors (Lipinski definition) is 2. The van der Waals surface area contributed by atoms with Crippen LogP contribution < -0.4 is 5.32 Å². The summed E-state index contributed by atoms with van der Waals surface area (Å²) in [6.07, 6.45) is 4.56. The van der Waals surface area contributed by atoms with Crippen molar-refractivity contribution in [3.05, 3.63) is 18.0 Å². The molecule has 1 aromatic rings. The van der Waals surface area contributed by atoms with Crippen LogP contribution in [0.25, 0.3) is 0 Å². The van der Waals surface area contributed by atoms with Crippen molar-refractivity contribution in [3.63, 3.8) is 0 Å². The molecule has 0 spiro atoms. The Morgan fingerprint density at radius 2 is 2.18 bits per heavy atom. The Morgan fingerprint density at radius 3 is 2.71 bits per heavy atom. The van der Waals surface area contributed by atoms with Crippen molar-refractivity contribution in [2.45, 2.75) is 12.8 Å². The number of aromatic nitrogens is 2. The SMILES string of the molecule is CNC(=O)C1CCN(C(=O)c2cn[nH]c2)CC1. The fourth-order valence-corrected chi connectivity index (χ4v) is 2.10. The maximum Gasteiger partial charge on any atom is 0.257 e. The highest BCUT2D eigenvalue weighted by molar-refractivity contribution is 5.93. The van der Waals surface area contributed by atoms with E-state index in [1.165, 1.54) is 6.20 Å². The highest BCUT2D eigenvalue weighted by atomic mass is 16.2. The first-order chi connectivity index (χ1) is 8.22. The second-order valence-corrected chi connectivity index (χ2v) is 4.17. The third-order valence-corrected chi connectivity index (χ3v) is 3.14. The maximum absolute atomic E-state index is 12.0. The fourth-order valence-electron chi connectivity index (χ4n) is 2.10. The number of hydrogen-bond acceptors (Lipinski definition) is 3. The molecule has 6 nitrogen and oxygen atoms in total. The van der Waals surface area contributed by atoms with E-state index in [2.05, 4.69) is 15.5 Å². The summed E-state index contributed by atoms with van der Waals surface area (Å²) in [6, 6.07) is 0.